The summed E-state index contributed by atoms with van der Waals surface area (Å²) < 4.78 is 18.9. The van der Waals surface area contributed by atoms with Crippen molar-refractivity contribution in [2.45, 2.75) is 13.0 Å². The fourth-order valence-electron chi connectivity index (χ4n) is 1.53. The number of aromatic nitrogens is 2. The molecule has 0 radical (unpaired) electrons. The fourth-order valence-corrected chi connectivity index (χ4v) is 1.53. The van der Waals surface area contributed by atoms with Gasteiger partial charge in [-0.3, -0.25) is 14.3 Å². The predicted molar refractivity (Wildman–Crippen MR) is 55.5 cm³/mol. The van der Waals surface area contributed by atoms with Crippen LogP contribution in [-0.2, 0) is 0 Å². The lowest BCUT2D eigenvalue weighted by Gasteiger charge is -2.13. The van der Waals surface area contributed by atoms with Gasteiger partial charge in [0.2, 0.25) is 11.7 Å². The molecule has 0 aromatic carbocycles. The summed E-state index contributed by atoms with van der Waals surface area (Å²) in [6.45, 7) is 1.53. The Morgan fingerprint density at radius 1 is 1.53 bits per heavy atom. The molecule has 90 valence electrons. The van der Waals surface area contributed by atoms with Crippen LogP contribution in [0.15, 0.2) is 32.4 Å². The first-order valence-electron chi connectivity index (χ1n) is 4.79. The third-order valence-electron chi connectivity index (χ3n) is 2.41. The van der Waals surface area contributed by atoms with Gasteiger partial charge in [0.25, 0.3) is 5.56 Å². The van der Waals surface area contributed by atoms with Crippen LogP contribution in [0.25, 0.3) is 0 Å². The first-order chi connectivity index (χ1) is 8.02. The maximum Gasteiger partial charge on any atom is 0.331 e. The molecule has 1 unspecified atom stereocenters. The molecule has 17 heavy (non-hydrogen) atoms. The Kier molecular flexibility index (Phi) is 2.58. The number of aromatic hydroxyl groups is 1. The zero-order chi connectivity index (χ0) is 12.6. The zero-order valence-corrected chi connectivity index (χ0v) is 8.81. The quantitative estimate of drug-likeness (QED) is 0.803. The van der Waals surface area contributed by atoms with E-state index in [-0.39, 0.29) is 0 Å². The summed E-state index contributed by atoms with van der Waals surface area (Å²) in [5.41, 5.74) is -2.16. The van der Waals surface area contributed by atoms with Crippen LogP contribution < -0.4 is 11.2 Å². The summed E-state index contributed by atoms with van der Waals surface area (Å²) in [5, 5.41) is 9.45. The van der Waals surface area contributed by atoms with E-state index in [9.17, 15) is 19.1 Å². The van der Waals surface area contributed by atoms with E-state index < -0.39 is 29.0 Å². The molecule has 0 aliphatic rings. The lowest BCUT2D eigenvalue weighted by Crippen LogP contribution is -2.33. The second-order valence-corrected chi connectivity index (χ2v) is 3.46. The smallest absolute Gasteiger partial charge is 0.331 e. The molecule has 0 bridgehead atoms. The molecule has 0 fully saturated rings. The van der Waals surface area contributed by atoms with Gasteiger partial charge < -0.3 is 9.52 Å². The Balaban J connectivity index is 2.65. The maximum atomic E-state index is 13.2. The van der Waals surface area contributed by atoms with Gasteiger partial charge in [-0.25, -0.2) is 4.79 Å². The lowest BCUT2D eigenvalue weighted by atomic mass is 10.2. The van der Waals surface area contributed by atoms with Crippen molar-refractivity contribution in [3.63, 3.8) is 0 Å². The average molecular weight is 240 g/mol. The van der Waals surface area contributed by atoms with Crippen LogP contribution in [-0.4, -0.2) is 14.7 Å². The number of rotatable bonds is 2. The van der Waals surface area contributed by atoms with Crippen molar-refractivity contribution >= 4 is 0 Å². The fraction of sp³-hybridized carbons (Fsp3) is 0.200. The third kappa shape index (κ3) is 1.75. The number of nitrogens with one attached hydrogen (secondary N) is 1. The van der Waals surface area contributed by atoms with Gasteiger partial charge in [-0.2, -0.15) is 4.39 Å². The molecular formula is C10H9FN2O4. The van der Waals surface area contributed by atoms with E-state index >= 15 is 0 Å². The van der Waals surface area contributed by atoms with Crippen molar-refractivity contribution in [1.29, 1.82) is 0 Å². The maximum absolute atomic E-state index is 13.2. The molecule has 2 aromatic rings. The van der Waals surface area contributed by atoms with E-state index in [0.717, 1.165) is 0 Å². The molecule has 0 amide bonds. The number of furan rings is 1. The number of hydrogen-bond acceptors (Lipinski definition) is 4. The molecule has 2 aromatic heterocycles. The number of nitrogens with zero attached hydrogens (tertiary/aromatic N) is 1. The van der Waals surface area contributed by atoms with E-state index in [1.165, 1.54) is 13.2 Å². The molecule has 2 heterocycles. The summed E-state index contributed by atoms with van der Waals surface area (Å²) in [6.07, 6.45) is 1.38. The number of aromatic amines is 1. The highest BCUT2D eigenvalue weighted by Crippen LogP contribution is 2.21. The minimum absolute atomic E-state index is 0.355. The molecule has 0 saturated carbocycles. The summed E-state index contributed by atoms with van der Waals surface area (Å²) in [7, 11) is 0. The average Bonchev–Trinajstić information content (AvgIpc) is 2.79. The second kappa shape index (κ2) is 3.93. The highest BCUT2D eigenvalue weighted by atomic mass is 19.1. The largest absolute Gasteiger partial charge is 0.492 e. The Morgan fingerprint density at radius 2 is 2.24 bits per heavy atom. The summed E-state index contributed by atoms with van der Waals surface area (Å²) >= 11 is 0. The molecule has 0 spiro atoms. The van der Waals surface area contributed by atoms with E-state index in [4.69, 9.17) is 4.42 Å². The molecular weight excluding hydrogens is 231 g/mol. The molecule has 2 N–H and O–H groups in total. The lowest BCUT2D eigenvalue weighted by molar-refractivity contribution is 0.334. The highest BCUT2D eigenvalue weighted by molar-refractivity contribution is 5.15. The van der Waals surface area contributed by atoms with Gasteiger partial charge in [-0.1, -0.05) is 0 Å². The van der Waals surface area contributed by atoms with Gasteiger partial charge in [0, 0.05) is 0 Å². The number of halogens is 1. The van der Waals surface area contributed by atoms with Gasteiger partial charge in [0.05, 0.1) is 12.3 Å². The minimum atomic E-state index is -1.40. The van der Waals surface area contributed by atoms with Crippen molar-refractivity contribution in [1.82, 2.24) is 9.55 Å². The third-order valence-corrected chi connectivity index (χ3v) is 2.41. The summed E-state index contributed by atoms with van der Waals surface area (Å²) in [5.74, 6) is -2.06. The van der Waals surface area contributed by atoms with Crippen LogP contribution >= 0.6 is 0 Å². The van der Waals surface area contributed by atoms with Gasteiger partial charge in [0.15, 0.2) is 0 Å². The Bertz CT molecular complexity index is 641. The Morgan fingerprint density at radius 3 is 2.82 bits per heavy atom. The Labute approximate surface area is 93.9 Å². The monoisotopic (exact) mass is 240 g/mol. The van der Waals surface area contributed by atoms with Crippen molar-refractivity contribution in [2.24, 2.45) is 0 Å². The number of H-pyrrole nitrogens is 1. The second-order valence-electron chi connectivity index (χ2n) is 3.46. The van der Waals surface area contributed by atoms with E-state index in [1.54, 1.807) is 17.1 Å². The van der Waals surface area contributed by atoms with Crippen molar-refractivity contribution < 1.29 is 13.9 Å². The normalized spacial score (nSPS) is 12.6. The first kappa shape index (κ1) is 11.2. The molecule has 0 aliphatic carbocycles. The SMILES string of the molecule is CC(c1ccco1)n1c(O)c(F)c(=O)[nH]c1=O. The summed E-state index contributed by atoms with van der Waals surface area (Å²) in [4.78, 5) is 24.1. The first-order valence-corrected chi connectivity index (χ1v) is 4.79. The van der Waals surface area contributed by atoms with E-state index in [2.05, 4.69) is 0 Å². The topological polar surface area (TPSA) is 88.2 Å². The van der Waals surface area contributed by atoms with Crippen molar-refractivity contribution in [3.8, 4) is 5.88 Å². The van der Waals surface area contributed by atoms with Gasteiger partial charge >= 0.3 is 5.69 Å². The summed E-state index contributed by atoms with van der Waals surface area (Å²) in [6, 6.07) is 2.43. The molecule has 0 saturated heterocycles. The van der Waals surface area contributed by atoms with Crippen LogP contribution in [0.5, 0.6) is 5.88 Å². The van der Waals surface area contributed by atoms with Gasteiger partial charge in [-0.15, -0.1) is 0 Å². The van der Waals surface area contributed by atoms with Gasteiger partial charge in [0.1, 0.15) is 5.76 Å². The minimum Gasteiger partial charge on any atom is -0.492 e. The van der Waals surface area contributed by atoms with Crippen LogP contribution in [0.3, 0.4) is 0 Å². The molecule has 2 rings (SSSR count). The molecule has 6 nitrogen and oxygen atoms in total. The Hall–Kier alpha value is -2.31. The van der Waals surface area contributed by atoms with Gasteiger partial charge in [-0.05, 0) is 19.1 Å². The predicted octanol–water partition coefficient (Wildman–Crippen LogP) is 0.584. The van der Waals surface area contributed by atoms with Crippen LogP contribution in [0.1, 0.15) is 18.7 Å². The zero-order valence-electron chi connectivity index (χ0n) is 8.81. The van der Waals surface area contributed by atoms with E-state index in [0.29, 0.717) is 10.3 Å². The number of hydrogen-bond donors (Lipinski definition) is 2. The van der Waals surface area contributed by atoms with E-state index in [1.807, 2.05) is 0 Å². The van der Waals surface area contributed by atoms with Crippen molar-refractivity contribution in [3.05, 3.63) is 50.8 Å². The van der Waals surface area contributed by atoms with Crippen LogP contribution in [0.2, 0.25) is 0 Å². The standard InChI is InChI=1S/C10H9FN2O4/c1-5(6-3-2-4-17-6)13-9(15)7(11)8(14)12-10(13)16/h2-5,15H,1H3,(H,12,14,16). The van der Waals surface area contributed by atoms with Crippen LogP contribution in [0.4, 0.5) is 4.39 Å². The highest BCUT2D eigenvalue weighted by Gasteiger charge is 2.20. The molecule has 7 heteroatoms. The molecule has 1 atom stereocenters. The van der Waals surface area contributed by atoms with Crippen molar-refractivity contribution in [2.75, 3.05) is 0 Å². The van der Waals surface area contributed by atoms with Crippen LogP contribution in [0, 0.1) is 5.82 Å². The molecule has 0 aliphatic heterocycles.